The lowest BCUT2D eigenvalue weighted by atomic mass is 10.1. The van der Waals surface area contributed by atoms with Crippen LogP contribution in [0.4, 0.5) is 0 Å². The fourth-order valence-electron chi connectivity index (χ4n) is 2.68. The third-order valence-corrected chi connectivity index (χ3v) is 4.95. The molecule has 2 aromatic carbocycles. The molecule has 0 saturated heterocycles. The molecule has 0 aliphatic heterocycles. The molecular formula is C20H22N2O2S. The van der Waals surface area contributed by atoms with Crippen LogP contribution in [0.5, 0.6) is 5.75 Å². The molecule has 1 amide bonds. The van der Waals surface area contributed by atoms with Crippen molar-refractivity contribution in [1.29, 1.82) is 0 Å². The second-order valence-corrected chi connectivity index (χ2v) is 6.89. The zero-order valence-electron chi connectivity index (χ0n) is 14.8. The number of carbonyl (C=O) groups excluding carboxylic acids is 1. The number of ether oxygens (including phenoxy) is 1. The van der Waals surface area contributed by atoms with E-state index in [1.165, 1.54) is 11.3 Å². The molecular weight excluding hydrogens is 332 g/mol. The third-order valence-electron chi connectivity index (χ3n) is 3.91. The van der Waals surface area contributed by atoms with E-state index in [1.54, 1.807) is 0 Å². The highest BCUT2D eigenvalue weighted by Crippen LogP contribution is 2.23. The SMILES string of the molecule is CCCn1c(=NC(=O)c2ccc(C)cc2)sc2cc(OCC)ccc21. The van der Waals surface area contributed by atoms with Crippen LogP contribution < -0.4 is 9.54 Å². The number of nitrogens with zero attached hydrogens (tertiary/aromatic N) is 2. The summed E-state index contributed by atoms with van der Waals surface area (Å²) in [5, 5.41) is 0. The van der Waals surface area contributed by atoms with Gasteiger partial charge in [0.2, 0.25) is 0 Å². The smallest absolute Gasteiger partial charge is 0.279 e. The Kier molecular flexibility index (Phi) is 5.34. The summed E-state index contributed by atoms with van der Waals surface area (Å²) in [6.07, 6.45) is 0.977. The molecule has 0 atom stereocenters. The number of aromatic nitrogens is 1. The lowest BCUT2D eigenvalue weighted by Crippen LogP contribution is -2.16. The van der Waals surface area contributed by atoms with Crippen molar-refractivity contribution in [1.82, 2.24) is 4.57 Å². The first-order valence-corrected chi connectivity index (χ1v) is 9.36. The van der Waals surface area contributed by atoms with Crippen LogP contribution >= 0.6 is 11.3 Å². The van der Waals surface area contributed by atoms with Crippen molar-refractivity contribution in [3.05, 3.63) is 58.4 Å². The molecule has 130 valence electrons. The van der Waals surface area contributed by atoms with Gasteiger partial charge in [-0.15, -0.1) is 0 Å². The van der Waals surface area contributed by atoms with E-state index in [0.29, 0.717) is 12.2 Å². The maximum Gasteiger partial charge on any atom is 0.279 e. The number of hydrogen-bond donors (Lipinski definition) is 0. The highest BCUT2D eigenvalue weighted by atomic mass is 32.1. The van der Waals surface area contributed by atoms with Gasteiger partial charge in [-0.05, 0) is 50.6 Å². The predicted molar refractivity (Wildman–Crippen MR) is 102 cm³/mol. The zero-order chi connectivity index (χ0) is 17.8. The quantitative estimate of drug-likeness (QED) is 0.674. The number of thiazole rings is 1. The van der Waals surface area contributed by atoms with Crippen molar-refractivity contribution in [2.75, 3.05) is 6.61 Å². The molecule has 0 N–H and O–H groups in total. The summed E-state index contributed by atoms with van der Waals surface area (Å²) in [6.45, 7) is 7.55. The van der Waals surface area contributed by atoms with Gasteiger partial charge in [-0.3, -0.25) is 4.79 Å². The van der Waals surface area contributed by atoms with Crippen molar-refractivity contribution in [3.8, 4) is 5.75 Å². The van der Waals surface area contributed by atoms with Gasteiger partial charge in [0.25, 0.3) is 5.91 Å². The number of carbonyl (C=O) groups is 1. The van der Waals surface area contributed by atoms with Crippen molar-refractivity contribution in [2.45, 2.75) is 33.7 Å². The number of benzene rings is 2. The van der Waals surface area contributed by atoms with Crippen LogP contribution in [0.1, 0.15) is 36.2 Å². The summed E-state index contributed by atoms with van der Waals surface area (Å²) in [5.41, 5.74) is 2.83. The standard InChI is InChI=1S/C20H22N2O2S/c1-4-12-22-17-11-10-16(24-5-2)13-18(17)25-20(22)21-19(23)15-8-6-14(3)7-9-15/h6-11,13H,4-5,12H2,1-3H3. The fraction of sp³-hybridized carbons (Fsp3) is 0.300. The summed E-state index contributed by atoms with van der Waals surface area (Å²) in [5.74, 6) is 0.637. The van der Waals surface area contributed by atoms with Crippen molar-refractivity contribution in [3.63, 3.8) is 0 Å². The molecule has 0 spiro atoms. The first kappa shape index (κ1) is 17.4. The fourth-order valence-corrected chi connectivity index (χ4v) is 3.77. The van der Waals surface area contributed by atoms with E-state index in [9.17, 15) is 4.79 Å². The lowest BCUT2D eigenvalue weighted by molar-refractivity contribution is 0.0998. The van der Waals surface area contributed by atoms with E-state index in [-0.39, 0.29) is 5.91 Å². The van der Waals surface area contributed by atoms with Gasteiger partial charge in [0.05, 0.1) is 16.8 Å². The van der Waals surface area contributed by atoms with Crippen LogP contribution in [0.2, 0.25) is 0 Å². The molecule has 25 heavy (non-hydrogen) atoms. The molecule has 0 aliphatic carbocycles. The molecule has 0 unspecified atom stereocenters. The summed E-state index contributed by atoms with van der Waals surface area (Å²) >= 11 is 1.53. The largest absolute Gasteiger partial charge is 0.494 e. The van der Waals surface area contributed by atoms with Gasteiger partial charge in [-0.2, -0.15) is 4.99 Å². The van der Waals surface area contributed by atoms with E-state index in [4.69, 9.17) is 4.74 Å². The maximum absolute atomic E-state index is 12.5. The van der Waals surface area contributed by atoms with Crippen molar-refractivity contribution < 1.29 is 9.53 Å². The minimum absolute atomic E-state index is 0.207. The third kappa shape index (κ3) is 3.82. The Balaban J connectivity index is 2.08. The highest BCUT2D eigenvalue weighted by molar-refractivity contribution is 7.16. The molecule has 0 fully saturated rings. The van der Waals surface area contributed by atoms with Crippen LogP contribution in [-0.2, 0) is 6.54 Å². The first-order valence-electron chi connectivity index (χ1n) is 8.54. The van der Waals surface area contributed by atoms with Gasteiger partial charge in [0.15, 0.2) is 4.80 Å². The normalized spacial score (nSPS) is 11.9. The summed E-state index contributed by atoms with van der Waals surface area (Å²) in [6, 6.07) is 13.5. The number of fused-ring (bicyclic) bond motifs is 1. The van der Waals surface area contributed by atoms with E-state index >= 15 is 0 Å². The number of rotatable bonds is 5. The van der Waals surface area contributed by atoms with Crippen molar-refractivity contribution >= 4 is 27.5 Å². The Morgan fingerprint density at radius 3 is 2.60 bits per heavy atom. The Bertz CT molecular complexity index is 952. The Morgan fingerprint density at radius 2 is 1.92 bits per heavy atom. The summed E-state index contributed by atoms with van der Waals surface area (Å²) in [4.78, 5) is 17.7. The van der Waals surface area contributed by atoms with Crippen LogP contribution in [0.25, 0.3) is 10.2 Å². The minimum Gasteiger partial charge on any atom is -0.494 e. The highest BCUT2D eigenvalue weighted by Gasteiger charge is 2.10. The molecule has 3 rings (SSSR count). The first-order chi connectivity index (χ1) is 12.1. The van der Waals surface area contributed by atoms with Gasteiger partial charge in [0, 0.05) is 12.1 Å². The topological polar surface area (TPSA) is 43.6 Å². The molecule has 0 bridgehead atoms. The van der Waals surface area contributed by atoms with Crippen LogP contribution in [0, 0.1) is 6.92 Å². The number of hydrogen-bond acceptors (Lipinski definition) is 3. The maximum atomic E-state index is 12.5. The number of aryl methyl sites for hydroxylation is 2. The monoisotopic (exact) mass is 354 g/mol. The summed E-state index contributed by atoms with van der Waals surface area (Å²) < 4.78 is 8.78. The molecule has 0 radical (unpaired) electrons. The molecule has 4 nitrogen and oxygen atoms in total. The van der Waals surface area contributed by atoms with Gasteiger partial charge in [0.1, 0.15) is 5.75 Å². The average Bonchev–Trinajstić information content (AvgIpc) is 2.93. The molecule has 0 saturated carbocycles. The zero-order valence-corrected chi connectivity index (χ0v) is 15.6. The Labute approximate surface area is 151 Å². The number of amides is 1. The summed E-state index contributed by atoms with van der Waals surface area (Å²) in [7, 11) is 0. The van der Waals surface area contributed by atoms with E-state index in [1.807, 2.05) is 56.3 Å². The van der Waals surface area contributed by atoms with E-state index in [2.05, 4.69) is 16.5 Å². The predicted octanol–water partition coefficient (Wildman–Crippen LogP) is 4.56. The van der Waals surface area contributed by atoms with Gasteiger partial charge in [-0.25, -0.2) is 0 Å². The molecule has 1 heterocycles. The van der Waals surface area contributed by atoms with Crippen LogP contribution in [0.3, 0.4) is 0 Å². The van der Waals surface area contributed by atoms with Crippen LogP contribution in [-0.4, -0.2) is 17.1 Å². The average molecular weight is 354 g/mol. The second kappa shape index (κ2) is 7.66. The van der Waals surface area contributed by atoms with Gasteiger partial charge < -0.3 is 9.30 Å². The van der Waals surface area contributed by atoms with E-state index < -0.39 is 0 Å². The van der Waals surface area contributed by atoms with Gasteiger partial charge in [-0.1, -0.05) is 36.0 Å². The minimum atomic E-state index is -0.207. The van der Waals surface area contributed by atoms with Crippen molar-refractivity contribution in [2.24, 2.45) is 4.99 Å². The molecule has 5 heteroatoms. The van der Waals surface area contributed by atoms with Crippen LogP contribution in [0.15, 0.2) is 47.5 Å². The lowest BCUT2D eigenvalue weighted by Gasteiger charge is -2.05. The molecule has 3 aromatic rings. The Hall–Kier alpha value is -2.40. The second-order valence-electron chi connectivity index (χ2n) is 5.88. The molecule has 0 aliphatic rings. The van der Waals surface area contributed by atoms with E-state index in [0.717, 1.165) is 39.3 Å². The molecule has 1 aromatic heterocycles. The van der Waals surface area contributed by atoms with Gasteiger partial charge >= 0.3 is 0 Å². The Morgan fingerprint density at radius 1 is 1.16 bits per heavy atom.